The molecule has 0 radical (unpaired) electrons. The Balaban J connectivity index is 2.20. The molecule has 0 fully saturated rings. The van der Waals surface area contributed by atoms with Crippen molar-refractivity contribution in [3.63, 3.8) is 0 Å². The molecule has 2 aromatic rings. The third-order valence-electron chi connectivity index (χ3n) is 5.28. The Morgan fingerprint density at radius 3 is 2.08 bits per heavy atom. The molecule has 194 valence electrons. The van der Waals surface area contributed by atoms with Gasteiger partial charge < -0.3 is 14.7 Å². The zero-order chi connectivity index (χ0) is 27.3. The van der Waals surface area contributed by atoms with Gasteiger partial charge in [0.2, 0.25) is 11.7 Å². The number of amides is 2. The van der Waals surface area contributed by atoms with Gasteiger partial charge in [0.1, 0.15) is 11.9 Å². The first-order chi connectivity index (χ1) is 16.6. The fourth-order valence-corrected chi connectivity index (χ4v) is 3.47. The number of alkyl halides is 2. The van der Waals surface area contributed by atoms with Crippen LogP contribution in [0.15, 0.2) is 12.1 Å². The molecular formula is C21H14F8N2O5. The summed E-state index contributed by atoms with van der Waals surface area (Å²) in [7, 11) is 1.09. The first kappa shape index (κ1) is 26.7. The van der Waals surface area contributed by atoms with E-state index in [4.69, 9.17) is 5.11 Å². The Kier molecular flexibility index (Phi) is 6.88. The topological polar surface area (TPSA) is 87.2 Å². The number of carboxylic acids is 1. The molecule has 2 aromatic carbocycles. The van der Waals surface area contributed by atoms with E-state index in [0.29, 0.717) is 6.07 Å². The number of ether oxygens (including phenoxy) is 1. The fraction of sp³-hybridized carbons (Fsp3) is 0.286. The minimum atomic E-state index is -4.64. The average Bonchev–Trinajstić information content (AvgIpc) is 2.80. The van der Waals surface area contributed by atoms with Gasteiger partial charge in [-0.05, 0) is 13.0 Å². The molecule has 15 heteroatoms. The van der Waals surface area contributed by atoms with Gasteiger partial charge in [-0.2, -0.15) is 8.78 Å². The molecule has 0 aliphatic carbocycles. The molecule has 3 rings (SSSR count). The highest BCUT2D eigenvalue weighted by Gasteiger charge is 2.53. The maximum absolute atomic E-state index is 14.7. The number of anilines is 1. The van der Waals surface area contributed by atoms with Crippen LogP contribution in [0.2, 0.25) is 0 Å². The summed E-state index contributed by atoms with van der Waals surface area (Å²) in [6.07, 6.45) is -5.19. The van der Waals surface area contributed by atoms with E-state index >= 15 is 0 Å². The number of nitrogens with zero attached hydrogens (tertiary/aromatic N) is 2. The predicted octanol–water partition coefficient (Wildman–Crippen LogP) is 3.83. The molecule has 0 saturated carbocycles. The highest BCUT2D eigenvalue weighted by atomic mass is 19.3. The van der Waals surface area contributed by atoms with Crippen LogP contribution < -0.4 is 9.64 Å². The molecule has 7 nitrogen and oxygen atoms in total. The van der Waals surface area contributed by atoms with Crippen molar-refractivity contribution < 1.29 is 59.4 Å². The number of aliphatic carboxylic acids is 1. The SMILES string of the molecule is C[C@H](C(=O)N(C)CCC(=O)O)N1C(=O)C(F)(F)Oc2cc(F)c(-c3c(F)c(F)c(F)c(F)c3F)cc21. The second kappa shape index (κ2) is 9.28. The normalized spacial score (nSPS) is 15.3. The highest BCUT2D eigenvalue weighted by Crippen LogP contribution is 2.45. The number of likely N-dealkylation sites (N-methyl/N-ethyl adjacent to an activating group) is 1. The number of carboxylic acid groups (broad SMARTS) is 1. The Labute approximate surface area is 196 Å². The van der Waals surface area contributed by atoms with Gasteiger partial charge in [-0.25, -0.2) is 26.3 Å². The number of halogens is 8. The summed E-state index contributed by atoms with van der Waals surface area (Å²) in [5, 5.41) is 8.75. The smallest absolute Gasteiger partial charge is 0.481 e. The van der Waals surface area contributed by atoms with E-state index in [1.165, 1.54) is 0 Å². The van der Waals surface area contributed by atoms with Crippen molar-refractivity contribution in [2.45, 2.75) is 25.5 Å². The second-order valence-electron chi connectivity index (χ2n) is 7.62. The monoisotopic (exact) mass is 526 g/mol. The Bertz CT molecular complexity index is 1260. The molecule has 0 aromatic heterocycles. The molecular weight excluding hydrogens is 512 g/mol. The molecule has 0 saturated heterocycles. The standard InChI is InChI=1S/C21H14F8N2O5/c1-7(19(34)30(2)4-3-12(32)33)31-10-5-8(9(22)6-11(10)36-21(28,29)20(31)35)13-14(23)16(25)18(27)17(26)15(13)24/h5-7H,3-4H2,1-2H3,(H,32,33)/t7-/m1/s1. The summed E-state index contributed by atoms with van der Waals surface area (Å²) in [6.45, 7) is 0.531. The molecule has 36 heavy (non-hydrogen) atoms. The maximum Gasteiger partial charge on any atom is 0.483 e. The summed E-state index contributed by atoms with van der Waals surface area (Å²) in [4.78, 5) is 36.7. The van der Waals surface area contributed by atoms with Crippen molar-refractivity contribution in [2.75, 3.05) is 18.5 Å². The van der Waals surface area contributed by atoms with E-state index in [1.54, 1.807) is 0 Å². The van der Waals surface area contributed by atoms with Crippen LogP contribution in [-0.4, -0.2) is 53.5 Å². The van der Waals surface area contributed by atoms with Crippen LogP contribution in [0, 0.1) is 34.9 Å². The van der Waals surface area contributed by atoms with E-state index < -0.39 is 100 Å². The number of fused-ring (bicyclic) bond motifs is 1. The largest absolute Gasteiger partial charge is 0.483 e. The van der Waals surface area contributed by atoms with Gasteiger partial charge in [0, 0.05) is 25.2 Å². The lowest BCUT2D eigenvalue weighted by Gasteiger charge is -2.37. The van der Waals surface area contributed by atoms with Gasteiger partial charge in [0.15, 0.2) is 29.0 Å². The zero-order valence-corrected chi connectivity index (χ0v) is 18.1. The lowest BCUT2D eigenvalue weighted by Crippen LogP contribution is -2.57. The van der Waals surface area contributed by atoms with E-state index in [1.807, 2.05) is 0 Å². The van der Waals surface area contributed by atoms with Crippen LogP contribution in [0.4, 0.5) is 40.8 Å². The number of hydrogen-bond acceptors (Lipinski definition) is 4. The van der Waals surface area contributed by atoms with Crippen molar-refractivity contribution in [3.05, 3.63) is 47.0 Å². The molecule has 1 N–H and O–H groups in total. The van der Waals surface area contributed by atoms with Gasteiger partial charge >= 0.3 is 18.0 Å². The van der Waals surface area contributed by atoms with Crippen molar-refractivity contribution in [1.82, 2.24) is 4.90 Å². The molecule has 0 unspecified atom stereocenters. The first-order valence-corrected chi connectivity index (χ1v) is 9.82. The van der Waals surface area contributed by atoms with Crippen LogP contribution in [0.25, 0.3) is 11.1 Å². The number of benzene rings is 2. The summed E-state index contributed by atoms with van der Waals surface area (Å²) >= 11 is 0. The lowest BCUT2D eigenvalue weighted by molar-refractivity contribution is -0.193. The minimum Gasteiger partial charge on any atom is -0.481 e. The Hall–Kier alpha value is -3.91. The summed E-state index contributed by atoms with van der Waals surface area (Å²) in [6, 6.07) is -1.39. The quantitative estimate of drug-likeness (QED) is 0.352. The molecule has 1 aliphatic heterocycles. The summed E-state index contributed by atoms with van der Waals surface area (Å²) in [5.41, 5.74) is -3.92. The van der Waals surface area contributed by atoms with Gasteiger partial charge in [-0.1, -0.05) is 0 Å². The van der Waals surface area contributed by atoms with Crippen molar-refractivity contribution in [1.29, 1.82) is 0 Å². The number of carbonyl (C=O) groups excluding carboxylic acids is 2. The maximum atomic E-state index is 14.7. The van der Waals surface area contributed by atoms with Crippen LogP contribution >= 0.6 is 0 Å². The van der Waals surface area contributed by atoms with Crippen LogP contribution in [0.3, 0.4) is 0 Å². The fourth-order valence-electron chi connectivity index (χ4n) is 3.47. The third kappa shape index (κ3) is 4.40. The Morgan fingerprint density at radius 2 is 1.56 bits per heavy atom. The number of carbonyl (C=O) groups is 3. The lowest BCUT2D eigenvalue weighted by atomic mass is 10.00. The summed E-state index contributed by atoms with van der Waals surface area (Å²) < 4.78 is 117. The summed E-state index contributed by atoms with van der Waals surface area (Å²) in [5.74, 6) is -19.6. The molecule has 1 atom stereocenters. The second-order valence-corrected chi connectivity index (χ2v) is 7.62. The van der Waals surface area contributed by atoms with Crippen molar-refractivity contribution >= 4 is 23.5 Å². The van der Waals surface area contributed by atoms with E-state index in [0.717, 1.165) is 18.9 Å². The van der Waals surface area contributed by atoms with Gasteiger partial charge in [0.05, 0.1) is 17.7 Å². The van der Waals surface area contributed by atoms with E-state index in [9.17, 15) is 49.5 Å². The van der Waals surface area contributed by atoms with Crippen molar-refractivity contribution in [2.24, 2.45) is 0 Å². The zero-order valence-electron chi connectivity index (χ0n) is 18.1. The van der Waals surface area contributed by atoms with Gasteiger partial charge in [-0.15, -0.1) is 0 Å². The minimum absolute atomic E-state index is 0.0907. The Morgan fingerprint density at radius 1 is 1.03 bits per heavy atom. The molecule has 0 spiro atoms. The average molecular weight is 526 g/mol. The van der Waals surface area contributed by atoms with Crippen LogP contribution in [0.1, 0.15) is 13.3 Å². The van der Waals surface area contributed by atoms with Gasteiger partial charge in [0.25, 0.3) is 0 Å². The van der Waals surface area contributed by atoms with Gasteiger partial charge in [-0.3, -0.25) is 19.3 Å². The molecule has 1 heterocycles. The number of hydrogen-bond donors (Lipinski definition) is 1. The molecule has 0 bridgehead atoms. The van der Waals surface area contributed by atoms with E-state index in [2.05, 4.69) is 4.74 Å². The molecule has 1 aliphatic rings. The number of rotatable bonds is 6. The van der Waals surface area contributed by atoms with Crippen LogP contribution in [-0.2, 0) is 14.4 Å². The van der Waals surface area contributed by atoms with Crippen molar-refractivity contribution in [3.8, 4) is 16.9 Å². The predicted molar refractivity (Wildman–Crippen MR) is 104 cm³/mol. The third-order valence-corrected chi connectivity index (χ3v) is 5.28. The highest BCUT2D eigenvalue weighted by molar-refractivity contribution is 6.06. The van der Waals surface area contributed by atoms with E-state index in [-0.39, 0.29) is 11.0 Å². The first-order valence-electron chi connectivity index (χ1n) is 9.82. The molecule has 2 amide bonds. The van der Waals surface area contributed by atoms with Crippen LogP contribution in [0.5, 0.6) is 5.75 Å².